The zero-order valence-corrected chi connectivity index (χ0v) is 17.5. The molecular formula is C17H16ClFN2O7P2. The van der Waals surface area contributed by atoms with Gasteiger partial charge in [0.15, 0.2) is 5.85 Å². The molecule has 0 aliphatic carbocycles. The predicted molar refractivity (Wildman–Crippen MR) is 107 cm³/mol. The van der Waals surface area contributed by atoms with Crippen LogP contribution in [-0.2, 0) is 9.13 Å². The van der Waals surface area contributed by atoms with Gasteiger partial charge in [-0.1, -0.05) is 23.7 Å². The molecule has 9 nitrogen and oxygen atoms in total. The van der Waals surface area contributed by atoms with Gasteiger partial charge < -0.3 is 24.7 Å². The molecule has 5 N–H and O–H groups in total. The lowest BCUT2D eigenvalue weighted by molar-refractivity contribution is 0.183. The van der Waals surface area contributed by atoms with Crippen LogP contribution in [0.25, 0.3) is 16.8 Å². The summed E-state index contributed by atoms with van der Waals surface area (Å²) < 4.78 is 38.1. The monoisotopic (exact) mass is 476 g/mol. The molecule has 0 bridgehead atoms. The summed E-state index contributed by atoms with van der Waals surface area (Å²) in [6.07, 6.45) is 1.35. The number of benzene rings is 2. The van der Waals surface area contributed by atoms with Crippen molar-refractivity contribution in [3.05, 3.63) is 71.3 Å². The molecule has 13 heteroatoms. The molecule has 0 amide bonds. The molecule has 160 valence electrons. The van der Waals surface area contributed by atoms with Gasteiger partial charge in [-0.15, -0.1) is 0 Å². The Morgan fingerprint density at radius 1 is 0.933 bits per heavy atom. The minimum Gasteiger partial charge on any atom is -0.379 e. The van der Waals surface area contributed by atoms with Gasteiger partial charge in [0.05, 0.1) is 11.4 Å². The molecule has 1 heterocycles. The van der Waals surface area contributed by atoms with Crippen molar-refractivity contribution in [3.63, 3.8) is 0 Å². The topological polar surface area (TPSA) is 153 Å². The van der Waals surface area contributed by atoms with E-state index in [2.05, 4.69) is 5.10 Å². The highest BCUT2D eigenvalue weighted by atomic mass is 35.5. The summed E-state index contributed by atoms with van der Waals surface area (Å²) in [5.41, 5.74) is -1.97. The van der Waals surface area contributed by atoms with E-state index in [1.807, 2.05) is 0 Å². The van der Waals surface area contributed by atoms with Gasteiger partial charge in [-0.05, 0) is 42.0 Å². The second-order valence-electron chi connectivity index (χ2n) is 6.39. The van der Waals surface area contributed by atoms with E-state index < -0.39 is 38.2 Å². The fourth-order valence-electron chi connectivity index (χ4n) is 2.84. The Balaban J connectivity index is 2.26. The van der Waals surface area contributed by atoms with Crippen molar-refractivity contribution in [3.8, 4) is 16.8 Å². The van der Waals surface area contributed by atoms with Crippen LogP contribution >= 0.6 is 26.8 Å². The van der Waals surface area contributed by atoms with Crippen LogP contribution in [0.15, 0.2) is 54.7 Å². The summed E-state index contributed by atoms with van der Waals surface area (Å²) in [7, 11) is -10.6. The number of halogens is 2. The number of aliphatic hydroxyl groups is 1. The molecule has 0 fully saturated rings. The lowest BCUT2D eigenvalue weighted by Crippen LogP contribution is -2.20. The second-order valence-corrected chi connectivity index (χ2v) is 10.3. The van der Waals surface area contributed by atoms with E-state index in [0.29, 0.717) is 16.3 Å². The third-order valence-corrected chi connectivity index (χ3v) is 6.98. The summed E-state index contributed by atoms with van der Waals surface area (Å²) in [4.78, 5) is 38.3. The van der Waals surface area contributed by atoms with E-state index in [9.17, 15) is 38.2 Å². The minimum absolute atomic E-state index is 0.0943. The normalized spacial score (nSPS) is 14.5. The summed E-state index contributed by atoms with van der Waals surface area (Å²) in [5.74, 6) is -3.23. The van der Waals surface area contributed by atoms with Crippen LogP contribution in [0.4, 0.5) is 4.39 Å². The van der Waals surface area contributed by atoms with E-state index in [1.54, 1.807) is 0 Å². The molecular weight excluding hydrogens is 461 g/mol. The first-order valence-electron chi connectivity index (χ1n) is 8.28. The predicted octanol–water partition coefficient (Wildman–Crippen LogP) is 3.05. The van der Waals surface area contributed by atoms with Gasteiger partial charge >= 0.3 is 15.2 Å². The molecule has 0 aliphatic heterocycles. The SMILES string of the molecule is O=P(O)(O)C(O)C(c1nn(-c2ccc(F)cc2)cc1-c1ccc(Cl)cc1)P(=O)(O)O. The Kier molecular flexibility index (Phi) is 6.34. The quantitative estimate of drug-likeness (QED) is 0.340. The fraction of sp³-hybridized carbons (Fsp3) is 0.118. The zero-order valence-electron chi connectivity index (χ0n) is 14.9. The number of nitrogens with zero attached hydrogens (tertiary/aromatic N) is 2. The van der Waals surface area contributed by atoms with Crippen molar-refractivity contribution in [1.82, 2.24) is 9.78 Å². The average Bonchev–Trinajstić information content (AvgIpc) is 3.05. The number of aromatic nitrogens is 2. The molecule has 30 heavy (non-hydrogen) atoms. The maximum absolute atomic E-state index is 13.2. The van der Waals surface area contributed by atoms with E-state index in [1.165, 1.54) is 42.6 Å². The maximum Gasteiger partial charge on any atom is 0.355 e. The van der Waals surface area contributed by atoms with Crippen molar-refractivity contribution in [1.29, 1.82) is 0 Å². The third kappa shape index (κ3) is 4.88. The third-order valence-electron chi connectivity index (χ3n) is 4.26. The second kappa shape index (κ2) is 8.34. The number of aliphatic hydroxyl groups excluding tert-OH is 1. The first-order valence-corrected chi connectivity index (χ1v) is 12.0. The Morgan fingerprint density at radius 3 is 2.00 bits per heavy atom. The first-order chi connectivity index (χ1) is 13.9. The van der Waals surface area contributed by atoms with Crippen molar-refractivity contribution in [2.24, 2.45) is 0 Å². The number of hydrogen-bond acceptors (Lipinski definition) is 4. The molecule has 1 aromatic heterocycles. The van der Waals surface area contributed by atoms with Gasteiger partial charge in [-0.3, -0.25) is 9.13 Å². The van der Waals surface area contributed by atoms with Crippen LogP contribution in [0.1, 0.15) is 11.4 Å². The highest BCUT2D eigenvalue weighted by Crippen LogP contribution is 2.62. The molecule has 2 atom stereocenters. The molecule has 3 aromatic rings. The molecule has 0 saturated carbocycles. The van der Waals surface area contributed by atoms with Gasteiger partial charge in [0.2, 0.25) is 0 Å². The molecule has 2 aromatic carbocycles. The molecule has 0 spiro atoms. The van der Waals surface area contributed by atoms with Crippen molar-refractivity contribution < 1.29 is 38.2 Å². The van der Waals surface area contributed by atoms with Crippen LogP contribution in [0.3, 0.4) is 0 Å². The lowest BCUT2D eigenvalue weighted by atomic mass is 10.1. The average molecular weight is 477 g/mol. The Bertz CT molecular complexity index is 1140. The Morgan fingerprint density at radius 2 is 1.50 bits per heavy atom. The van der Waals surface area contributed by atoms with Gasteiger partial charge in [0.1, 0.15) is 11.5 Å². The van der Waals surface area contributed by atoms with Crippen LogP contribution in [0.5, 0.6) is 0 Å². The van der Waals surface area contributed by atoms with Crippen LogP contribution in [0, 0.1) is 5.82 Å². The summed E-state index contributed by atoms with van der Waals surface area (Å²) in [5, 5.41) is 14.5. The maximum atomic E-state index is 13.2. The minimum atomic E-state index is -5.32. The van der Waals surface area contributed by atoms with E-state index in [-0.39, 0.29) is 5.56 Å². The van der Waals surface area contributed by atoms with Gasteiger partial charge in [-0.25, -0.2) is 9.07 Å². The van der Waals surface area contributed by atoms with Crippen LogP contribution in [0.2, 0.25) is 5.02 Å². The molecule has 0 aliphatic rings. The standard InChI is InChI=1S/C17H16ClFN2O7P2/c18-11-3-1-10(2-4-11)14-9-21(13-7-5-12(19)6-8-13)20-15(14)16(29(23,24)25)17(22)30(26,27)28/h1-9,16-17,22H,(H2,23,24,25)(H2,26,27,28). The number of rotatable bonds is 6. The van der Waals surface area contributed by atoms with E-state index in [4.69, 9.17) is 11.6 Å². The summed E-state index contributed by atoms with van der Waals surface area (Å²) in [6, 6.07) is 11.0. The highest BCUT2D eigenvalue weighted by Gasteiger charge is 2.48. The Labute approximate surface area is 174 Å². The fourth-order valence-corrected chi connectivity index (χ4v) is 5.38. The highest BCUT2D eigenvalue weighted by molar-refractivity contribution is 7.56. The van der Waals surface area contributed by atoms with Gasteiger partial charge in [0.25, 0.3) is 0 Å². The molecule has 3 rings (SSSR count). The lowest BCUT2D eigenvalue weighted by Gasteiger charge is -2.24. The van der Waals surface area contributed by atoms with Crippen LogP contribution in [-0.4, -0.2) is 40.3 Å². The van der Waals surface area contributed by atoms with Crippen molar-refractivity contribution >= 4 is 26.8 Å². The van der Waals surface area contributed by atoms with Gasteiger partial charge in [-0.2, -0.15) is 5.10 Å². The molecule has 2 unspecified atom stereocenters. The van der Waals surface area contributed by atoms with Crippen molar-refractivity contribution in [2.45, 2.75) is 11.5 Å². The van der Waals surface area contributed by atoms with E-state index >= 15 is 0 Å². The first kappa shape index (κ1) is 22.8. The Hall–Kier alpha value is -1.87. The van der Waals surface area contributed by atoms with Gasteiger partial charge in [0, 0.05) is 16.8 Å². The van der Waals surface area contributed by atoms with Crippen LogP contribution < -0.4 is 0 Å². The number of hydrogen-bond donors (Lipinski definition) is 5. The summed E-state index contributed by atoms with van der Waals surface area (Å²) >= 11 is 5.88. The summed E-state index contributed by atoms with van der Waals surface area (Å²) in [6.45, 7) is 0. The van der Waals surface area contributed by atoms with Crippen molar-refractivity contribution in [2.75, 3.05) is 0 Å². The molecule has 0 radical (unpaired) electrons. The largest absolute Gasteiger partial charge is 0.379 e. The molecule has 0 saturated heterocycles. The van der Waals surface area contributed by atoms with E-state index in [0.717, 1.165) is 16.8 Å². The smallest absolute Gasteiger partial charge is 0.355 e. The zero-order chi connectivity index (χ0) is 22.3.